The van der Waals surface area contributed by atoms with Crippen LogP contribution in [0.4, 0.5) is 5.69 Å². The summed E-state index contributed by atoms with van der Waals surface area (Å²) in [6, 6.07) is 14.1. The molecule has 3 rings (SSSR count). The highest BCUT2D eigenvalue weighted by Crippen LogP contribution is 2.21. The van der Waals surface area contributed by atoms with Crippen molar-refractivity contribution >= 4 is 23.4 Å². The summed E-state index contributed by atoms with van der Waals surface area (Å²) in [6.45, 7) is 2.69. The lowest BCUT2D eigenvalue weighted by Crippen LogP contribution is -2.35. The average molecular weight is 381 g/mol. The van der Waals surface area contributed by atoms with Gasteiger partial charge in [0.05, 0.1) is 17.9 Å². The van der Waals surface area contributed by atoms with Crippen LogP contribution in [0.2, 0.25) is 0 Å². The largest absolute Gasteiger partial charge is 0.494 e. The summed E-state index contributed by atoms with van der Waals surface area (Å²) in [5.41, 5.74) is 1.48. The van der Waals surface area contributed by atoms with E-state index >= 15 is 0 Å². The average Bonchev–Trinajstić information content (AvgIpc) is 3.51. The smallest absolute Gasteiger partial charge is 0.313 e. The highest BCUT2D eigenvalue weighted by atomic mass is 16.5. The van der Waals surface area contributed by atoms with E-state index in [0.717, 1.165) is 24.2 Å². The first kappa shape index (κ1) is 19.4. The molecule has 7 heteroatoms. The van der Waals surface area contributed by atoms with Crippen LogP contribution in [-0.4, -0.2) is 30.4 Å². The second-order valence-electron chi connectivity index (χ2n) is 6.51. The van der Waals surface area contributed by atoms with Gasteiger partial charge in [-0.2, -0.15) is 0 Å². The van der Waals surface area contributed by atoms with Crippen molar-refractivity contribution < 1.29 is 19.1 Å². The summed E-state index contributed by atoms with van der Waals surface area (Å²) in [5.74, 6) is -1.10. The molecule has 0 unspecified atom stereocenters. The number of rotatable bonds is 7. The number of hydrogen-bond acceptors (Lipinski definition) is 4. The van der Waals surface area contributed by atoms with Crippen molar-refractivity contribution in [1.82, 2.24) is 10.6 Å². The molecule has 0 aromatic heterocycles. The topological polar surface area (TPSA) is 96.5 Å². The van der Waals surface area contributed by atoms with Gasteiger partial charge in [-0.3, -0.25) is 14.4 Å². The van der Waals surface area contributed by atoms with E-state index in [4.69, 9.17) is 4.74 Å². The lowest BCUT2D eigenvalue weighted by atomic mass is 10.1. The number of amides is 3. The number of benzene rings is 2. The van der Waals surface area contributed by atoms with Gasteiger partial charge in [-0.15, -0.1) is 0 Å². The van der Waals surface area contributed by atoms with Gasteiger partial charge >= 0.3 is 11.8 Å². The summed E-state index contributed by atoms with van der Waals surface area (Å²) in [6.07, 6.45) is 1.93. The minimum atomic E-state index is -0.822. The Labute approximate surface area is 163 Å². The SMILES string of the molecule is CCOc1ccc(CNC(=O)C(=O)Nc2ccccc2C(=O)NC2CC2)cc1. The zero-order valence-electron chi connectivity index (χ0n) is 15.7. The second-order valence-corrected chi connectivity index (χ2v) is 6.51. The molecule has 1 saturated carbocycles. The van der Waals surface area contributed by atoms with Crippen molar-refractivity contribution in [2.75, 3.05) is 11.9 Å². The molecular weight excluding hydrogens is 358 g/mol. The van der Waals surface area contributed by atoms with Gasteiger partial charge in [0.1, 0.15) is 5.75 Å². The standard InChI is InChI=1S/C21H23N3O4/c1-2-28-16-11-7-14(8-12-16)13-22-20(26)21(27)24-18-6-4-3-5-17(18)19(25)23-15-9-10-15/h3-8,11-12,15H,2,9-10,13H2,1H3,(H,22,26)(H,23,25)(H,24,27). The van der Waals surface area contributed by atoms with E-state index in [-0.39, 0.29) is 18.5 Å². The zero-order valence-corrected chi connectivity index (χ0v) is 15.7. The molecule has 1 fully saturated rings. The first-order valence-corrected chi connectivity index (χ1v) is 9.27. The maximum atomic E-state index is 12.3. The van der Waals surface area contributed by atoms with Crippen molar-refractivity contribution in [2.24, 2.45) is 0 Å². The van der Waals surface area contributed by atoms with E-state index < -0.39 is 11.8 Å². The van der Waals surface area contributed by atoms with Crippen LogP contribution in [0.25, 0.3) is 0 Å². The normalized spacial score (nSPS) is 12.8. The third-order valence-corrected chi connectivity index (χ3v) is 4.23. The second kappa shape index (κ2) is 9.03. The van der Waals surface area contributed by atoms with Crippen LogP contribution in [0.5, 0.6) is 5.75 Å². The molecular formula is C21H23N3O4. The summed E-state index contributed by atoms with van der Waals surface area (Å²) in [5, 5.41) is 7.96. The van der Waals surface area contributed by atoms with Gasteiger partial charge in [-0.25, -0.2) is 0 Å². The molecule has 7 nitrogen and oxygen atoms in total. The Morgan fingerprint density at radius 2 is 1.71 bits per heavy atom. The van der Waals surface area contributed by atoms with Gasteiger partial charge < -0.3 is 20.7 Å². The minimum Gasteiger partial charge on any atom is -0.494 e. The van der Waals surface area contributed by atoms with Crippen molar-refractivity contribution in [3.8, 4) is 5.75 Å². The predicted octanol–water partition coefficient (Wildman–Crippen LogP) is 2.23. The Bertz CT molecular complexity index is 860. The molecule has 0 radical (unpaired) electrons. The van der Waals surface area contributed by atoms with Crippen molar-refractivity contribution in [1.29, 1.82) is 0 Å². The van der Waals surface area contributed by atoms with Gasteiger partial charge in [-0.05, 0) is 49.6 Å². The molecule has 1 aliphatic carbocycles. The summed E-state index contributed by atoms with van der Waals surface area (Å²) in [7, 11) is 0. The zero-order chi connectivity index (χ0) is 19.9. The maximum Gasteiger partial charge on any atom is 0.313 e. The van der Waals surface area contributed by atoms with E-state index in [1.165, 1.54) is 0 Å². The number of carbonyl (C=O) groups excluding carboxylic acids is 3. The third kappa shape index (κ3) is 5.33. The van der Waals surface area contributed by atoms with Crippen molar-refractivity contribution in [2.45, 2.75) is 32.4 Å². The molecule has 28 heavy (non-hydrogen) atoms. The minimum absolute atomic E-state index is 0.202. The number of para-hydroxylation sites is 1. The fourth-order valence-corrected chi connectivity index (χ4v) is 2.59. The molecule has 0 aliphatic heterocycles. The van der Waals surface area contributed by atoms with Crippen LogP contribution in [-0.2, 0) is 16.1 Å². The van der Waals surface area contributed by atoms with Crippen LogP contribution in [0.1, 0.15) is 35.7 Å². The van der Waals surface area contributed by atoms with Gasteiger partial charge in [0.2, 0.25) is 0 Å². The lowest BCUT2D eigenvalue weighted by molar-refractivity contribution is -0.136. The Balaban J connectivity index is 1.55. The fraction of sp³-hybridized carbons (Fsp3) is 0.286. The molecule has 0 heterocycles. The molecule has 3 amide bonds. The van der Waals surface area contributed by atoms with Gasteiger partial charge in [-0.1, -0.05) is 24.3 Å². The molecule has 2 aromatic rings. The van der Waals surface area contributed by atoms with Crippen molar-refractivity contribution in [3.63, 3.8) is 0 Å². The van der Waals surface area contributed by atoms with Crippen LogP contribution < -0.4 is 20.7 Å². The molecule has 1 aliphatic rings. The number of hydrogen-bond donors (Lipinski definition) is 3. The van der Waals surface area contributed by atoms with E-state index in [2.05, 4.69) is 16.0 Å². The first-order chi connectivity index (χ1) is 13.6. The van der Waals surface area contributed by atoms with Crippen molar-refractivity contribution in [3.05, 3.63) is 59.7 Å². The summed E-state index contributed by atoms with van der Waals surface area (Å²) >= 11 is 0. The Morgan fingerprint density at radius 1 is 1.00 bits per heavy atom. The highest BCUT2D eigenvalue weighted by molar-refractivity contribution is 6.40. The molecule has 146 valence electrons. The maximum absolute atomic E-state index is 12.3. The third-order valence-electron chi connectivity index (χ3n) is 4.23. The van der Waals surface area contributed by atoms with Gasteiger partial charge in [0.25, 0.3) is 5.91 Å². The monoisotopic (exact) mass is 381 g/mol. The summed E-state index contributed by atoms with van der Waals surface area (Å²) in [4.78, 5) is 36.6. The van der Waals surface area contributed by atoms with E-state index in [1.54, 1.807) is 36.4 Å². The Hall–Kier alpha value is -3.35. The van der Waals surface area contributed by atoms with Gasteiger partial charge in [0, 0.05) is 12.6 Å². The quantitative estimate of drug-likeness (QED) is 0.641. The van der Waals surface area contributed by atoms with Crippen LogP contribution in [0, 0.1) is 0 Å². The van der Waals surface area contributed by atoms with E-state index in [9.17, 15) is 14.4 Å². The lowest BCUT2D eigenvalue weighted by Gasteiger charge is -2.11. The number of anilines is 1. The Morgan fingerprint density at radius 3 is 2.39 bits per heavy atom. The predicted molar refractivity (Wildman–Crippen MR) is 105 cm³/mol. The van der Waals surface area contributed by atoms with Crippen LogP contribution in [0.3, 0.4) is 0 Å². The molecule has 3 N–H and O–H groups in total. The molecule has 2 aromatic carbocycles. The van der Waals surface area contributed by atoms with Crippen LogP contribution >= 0.6 is 0 Å². The molecule has 0 atom stereocenters. The number of nitrogens with one attached hydrogen (secondary N) is 3. The molecule has 0 saturated heterocycles. The summed E-state index contributed by atoms with van der Waals surface area (Å²) < 4.78 is 5.37. The Kier molecular flexibility index (Phi) is 6.26. The van der Waals surface area contributed by atoms with Gasteiger partial charge in [0.15, 0.2) is 0 Å². The van der Waals surface area contributed by atoms with E-state index in [0.29, 0.717) is 17.9 Å². The first-order valence-electron chi connectivity index (χ1n) is 9.27. The molecule has 0 spiro atoms. The molecule has 0 bridgehead atoms. The van der Waals surface area contributed by atoms with E-state index in [1.807, 2.05) is 19.1 Å². The fourth-order valence-electron chi connectivity index (χ4n) is 2.59. The number of carbonyl (C=O) groups is 3. The van der Waals surface area contributed by atoms with Crippen LogP contribution in [0.15, 0.2) is 48.5 Å². The number of ether oxygens (including phenoxy) is 1. The highest BCUT2D eigenvalue weighted by Gasteiger charge is 2.25.